The summed E-state index contributed by atoms with van der Waals surface area (Å²) in [6.45, 7) is 4.07. The van der Waals surface area contributed by atoms with Gasteiger partial charge in [0.05, 0.1) is 32.5 Å². The second-order valence-electron chi connectivity index (χ2n) is 4.46. The van der Waals surface area contributed by atoms with Gasteiger partial charge in [0, 0.05) is 10.8 Å². The molecule has 4 heteroatoms. The van der Waals surface area contributed by atoms with E-state index >= 15 is 0 Å². The van der Waals surface area contributed by atoms with Crippen molar-refractivity contribution < 1.29 is 19.3 Å². The molecule has 0 fully saturated rings. The predicted octanol–water partition coefficient (Wildman–Crippen LogP) is 3.31. The molecule has 0 radical (unpaired) electrons. The van der Waals surface area contributed by atoms with E-state index in [0.29, 0.717) is 29.4 Å². The molecule has 20 heavy (non-hydrogen) atoms. The molecular weight excluding hydrogens is 256 g/mol. The van der Waals surface area contributed by atoms with Crippen molar-refractivity contribution in [2.45, 2.75) is 20.0 Å². The number of aliphatic hydroxyl groups is 1. The first-order valence-corrected chi connectivity index (χ1v) is 6.63. The molecule has 0 heterocycles. The van der Waals surface area contributed by atoms with Gasteiger partial charge in [-0.1, -0.05) is 24.3 Å². The van der Waals surface area contributed by atoms with Gasteiger partial charge in [0.25, 0.3) is 0 Å². The fraction of sp³-hybridized carbons (Fsp3) is 0.375. The zero-order valence-electron chi connectivity index (χ0n) is 12.3. The Morgan fingerprint density at radius 2 is 1.55 bits per heavy atom. The minimum absolute atomic E-state index is 0.484. The minimum Gasteiger partial charge on any atom is -0.496 e. The molecule has 1 atom stereocenters. The molecule has 0 aliphatic rings. The molecule has 0 saturated carbocycles. The standard InChI is InChI=1S/C16H20O4/c1-5-20-16-13(10(2)17)14(18-3)11-8-6-7-9-12(11)15(16)19-4/h6-10,17H,5H2,1-4H3/t10-/m1/s1. The Labute approximate surface area is 118 Å². The van der Waals surface area contributed by atoms with Crippen molar-refractivity contribution in [1.29, 1.82) is 0 Å². The number of ether oxygens (including phenoxy) is 3. The molecule has 2 aromatic carbocycles. The largest absolute Gasteiger partial charge is 0.496 e. The van der Waals surface area contributed by atoms with Crippen LogP contribution in [0, 0.1) is 0 Å². The third-order valence-electron chi connectivity index (χ3n) is 3.23. The van der Waals surface area contributed by atoms with E-state index in [0.717, 1.165) is 10.8 Å². The van der Waals surface area contributed by atoms with Crippen LogP contribution in [0.2, 0.25) is 0 Å². The zero-order chi connectivity index (χ0) is 14.7. The maximum Gasteiger partial charge on any atom is 0.171 e. The number of hydrogen-bond acceptors (Lipinski definition) is 4. The van der Waals surface area contributed by atoms with Gasteiger partial charge in [0.1, 0.15) is 5.75 Å². The maximum absolute atomic E-state index is 10.1. The van der Waals surface area contributed by atoms with Gasteiger partial charge in [-0.05, 0) is 13.8 Å². The van der Waals surface area contributed by atoms with Crippen molar-refractivity contribution in [3.05, 3.63) is 29.8 Å². The first-order chi connectivity index (χ1) is 9.65. The Morgan fingerprint density at radius 1 is 1.00 bits per heavy atom. The van der Waals surface area contributed by atoms with Gasteiger partial charge in [0.15, 0.2) is 11.5 Å². The van der Waals surface area contributed by atoms with Crippen LogP contribution in [-0.2, 0) is 0 Å². The van der Waals surface area contributed by atoms with Crippen LogP contribution in [-0.4, -0.2) is 25.9 Å². The quantitative estimate of drug-likeness (QED) is 0.910. The molecule has 0 amide bonds. The molecule has 2 rings (SSSR count). The third-order valence-corrected chi connectivity index (χ3v) is 3.23. The highest BCUT2D eigenvalue weighted by atomic mass is 16.5. The summed E-state index contributed by atoms with van der Waals surface area (Å²) < 4.78 is 16.7. The molecule has 1 N–H and O–H groups in total. The normalized spacial score (nSPS) is 12.2. The first kappa shape index (κ1) is 14.5. The lowest BCUT2D eigenvalue weighted by Crippen LogP contribution is -2.06. The molecule has 0 saturated heterocycles. The molecule has 0 unspecified atom stereocenters. The summed E-state index contributed by atoms with van der Waals surface area (Å²) in [6.07, 6.45) is -0.718. The second kappa shape index (κ2) is 6.01. The van der Waals surface area contributed by atoms with Crippen molar-refractivity contribution in [1.82, 2.24) is 0 Å². The fourth-order valence-electron chi connectivity index (χ4n) is 2.46. The molecule has 0 aliphatic heterocycles. The highest BCUT2D eigenvalue weighted by Crippen LogP contribution is 2.48. The zero-order valence-corrected chi connectivity index (χ0v) is 12.3. The van der Waals surface area contributed by atoms with E-state index in [1.807, 2.05) is 31.2 Å². The van der Waals surface area contributed by atoms with E-state index < -0.39 is 6.10 Å². The minimum atomic E-state index is -0.718. The summed E-state index contributed by atoms with van der Waals surface area (Å²) in [5.41, 5.74) is 0.616. The van der Waals surface area contributed by atoms with Crippen LogP contribution in [0.5, 0.6) is 17.2 Å². The van der Waals surface area contributed by atoms with Crippen LogP contribution in [0.25, 0.3) is 10.8 Å². The highest BCUT2D eigenvalue weighted by molar-refractivity contribution is 5.97. The lowest BCUT2D eigenvalue weighted by atomic mass is 9.99. The van der Waals surface area contributed by atoms with Crippen molar-refractivity contribution in [3.63, 3.8) is 0 Å². The van der Waals surface area contributed by atoms with Crippen molar-refractivity contribution in [3.8, 4) is 17.2 Å². The first-order valence-electron chi connectivity index (χ1n) is 6.63. The number of fused-ring (bicyclic) bond motifs is 1. The Kier molecular flexibility index (Phi) is 4.35. The molecule has 2 aromatic rings. The molecule has 0 aliphatic carbocycles. The van der Waals surface area contributed by atoms with E-state index in [-0.39, 0.29) is 0 Å². The van der Waals surface area contributed by atoms with Gasteiger partial charge in [-0.2, -0.15) is 0 Å². The summed E-state index contributed by atoms with van der Waals surface area (Å²) in [4.78, 5) is 0. The van der Waals surface area contributed by atoms with Gasteiger partial charge < -0.3 is 19.3 Å². The van der Waals surface area contributed by atoms with Crippen LogP contribution in [0.15, 0.2) is 24.3 Å². The van der Waals surface area contributed by atoms with Crippen LogP contribution in [0.1, 0.15) is 25.5 Å². The van der Waals surface area contributed by atoms with E-state index in [1.54, 1.807) is 21.1 Å². The third kappa shape index (κ3) is 2.27. The Bertz CT molecular complexity index is 605. The molecular formula is C16H20O4. The Morgan fingerprint density at radius 3 is 2.00 bits per heavy atom. The van der Waals surface area contributed by atoms with E-state index in [4.69, 9.17) is 14.2 Å². The van der Waals surface area contributed by atoms with E-state index in [9.17, 15) is 5.11 Å². The maximum atomic E-state index is 10.1. The summed E-state index contributed by atoms with van der Waals surface area (Å²) >= 11 is 0. The number of aliphatic hydroxyl groups excluding tert-OH is 1. The number of methoxy groups -OCH3 is 2. The molecule has 0 aromatic heterocycles. The Balaban J connectivity index is 2.93. The highest BCUT2D eigenvalue weighted by Gasteiger charge is 2.24. The monoisotopic (exact) mass is 276 g/mol. The van der Waals surface area contributed by atoms with Crippen LogP contribution in [0.3, 0.4) is 0 Å². The summed E-state index contributed by atoms with van der Waals surface area (Å²) in [7, 11) is 3.19. The second-order valence-corrected chi connectivity index (χ2v) is 4.46. The lowest BCUT2D eigenvalue weighted by molar-refractivity contribution is 0.185. The molecule has 108 valence electrons. The van der Waals surface area contributed by atoms with Gasteiger partial charge >= 0.3 is 0 Å². The van der Waals surface area contributed by atoms with Crippen LogP contribution < -0.4 is 14.2 Å². The van der Waals surface area contributed by atoms with E-state index in [1.165, 1.54) is 0 Å². The summed E-state index contributed by atoms with van der Waals surface area (Å²) in [6, 6.07) is 7.75. The topological polar surface area (TPSA) is 47.9 Å². The number of hydrogen-bond donors (Lipinski definition) is 1. The van der Waals surface area contributed by atoms with Crippen molar-refractivity contribution in [2.75, 3.05) is 20.8 Å². The van der Waals surface area contributed by atoms with Gasteiger partial charge in [-0.15, -0.1) is 0 Å². The van der Waals surface area contributed by atoms with Gasteiger partial charge in [0.2, 0.25) is 0 Å². The molecule has 4 nitrogen and oxygen atoms in total. The lowest BCUT2D eigenvalue weighted by Gasteiger charge is -2.21. The fourth-order valence-corrected chi connectivity index (χ4v) is 2.46. The molecule has 0 spiro atoms. The van der Waals surface area contributed by atoms with Gasteiger partial charge in [-0.3, -0.25) is 0 Å². The summed E-state index contributed by atoms with van der Waals surface area (Å²) in [5, 5.41) is 11.9. The van der Waals surface area contributed by atoms with E-state index in [2.05, 4.69) is 0 Å². The Hall–Kier alpha value is -1.94. The van der Waals surface area contributed by atoms with Crippen LogP contribution in [0.4, 0.5) is 0 Å². The average Bonchev–Trinajstić information content (AvgIpc) is 2.45. The number of benzene rings is 2. The predicted molar refractivity (Wildman–Crippen MR) is 78.9 cm³/mol. The van der Waals surface area contributed by atoms with Gasteiger partial charge in [-0.25, -0.2) is 0 Å². The summed E-state index contributed by atoms with van der Waals surface area (Å²) in [5.74, 6) is 1.79. The molecule has 0 bridgehead atoms. The van der Waals surface area contributed by atoms with Crippen molar-refractivity contribution >= 4 is 10.8 Å². The average molecular weight is 276 g/mol. The smallest absolute Gasteiger partial charge is 0.171 e. The van der Waals surface area contributed by atoms with Crippen LogP contribution >= 0.6 is 0 Å². The van der Waals surface area contributed by atoms with Crippen molar-refractivity contribution in [2.24, 2.45) is 0 Å². The number of rotatable bonds is 5. The SMILES string of the molecule is CCOc1c([C@@H](C)O)c(OC)c2ccccc2c1OC.